The summed E-state index contributed by atoms with van der Waals surface area (Å²) in [4.78, 5) is 0. The predicted octanol–water partition coefficient (Wildman–Crippen LogP) is -0.214. The van der Waals surface area contributed by atoms with Crippen molar-refractivity contribution in [2.45, 2.75) is 18.6 Å². The first-order chi connectivity index (χ1) is 5.63. The van der Waals surface area contributed by atoms with E-state index < -0.39 is 25.2 Å². The number of hydrogen-bond acceptors (Lipinski definition) is 5. The van der Waals surface area contributed by atoms with Crippen molar-refractivity contribution in [2.24, 2.45) is 0 Å². The Bertz CT molecular complexity index is 339. The summed E-state index contributed by atoms with van der Waals surface area (Å²) in [6.07, 6.45) is 2.22. The molecule has 0 saturated heterocycles. The molecule has 0 rings (SSSR count). The summed E-state index contributed by atoms with van der Waals surface area (Å²) >= 11 is 0. The molecule has 0 aliphatic carbocycles. The van der Waals surface area contributed by atoms with Crippen LogP contribution in [0.4, 0.5) is 0 Å². The van der Waals surface area contributed by atoms with Crippen LogP contribution in [0.5, 0.6) is 0 Å². The first-order valence-electron chi connectivity index (χ1n) is 3.66. The zero-order valence-electron chi connectivity index (χ0n) is 7.85. The summed E-state index contributed by atoms with van der Waals surface area (Å²) in [5.41, 5.74) is 0. The van der Waals surface area contributed by atoms with Gasteiger partial charge in [0.05, 0.1) is 18.1 Å². The molecule has 0 aromatic heterocycles. The lowest BCUT2D eigenvalue weighted by atomic mass is 10.3. The Morgan fingerprint density at radius 1 is 1.15 bits per heavy atom. The van der Waals surface area contributed by atoms with Gasteiger partial charge in [-0.05, 0) is 13.3 Å². The third kappa shape index (κ3) is 6.97. The number of rotatable bonds is 5. The van der Waals surface area contributed by atoms with E-state index in [9.17, 15) is 16.8 Å². The summed E-state index contributed by atoms with van der Waals surface area (Å²) in [6.45, 7) is 1.42. The van der Waals surface area contributed by atoms with Crippen LogP contribution in [0.15, 0.2) is 0 Å². The molecule has 0 aromatic carbocycles. The predicted molar refractivity (Wildman–Crippen MR) is 49.7 cm³/mol. The summed E-state index contributed by atoms with van der Waals surface area (Å²) in [5.74, 6) is 0. The van der Waals surface area contributed by atoms with Crippen molar-refractivity contribution in [2.75, 3.05) is 19.1 Å². The van der Waals surface area contributed by atoms with Crippen molar-refractivity contribution in [3.05, 3.63) is 0 Å². The topological polar surface area (TPSA) is 77.5 Å². The Balaban J connectivity index is 3.94. The summed E-state index contributed by atoms with van der Waals surface area (Å²) < 4.78 is 47.1. The highest BCUT2D eigenvalue weighted by molar-refractivity contribution is 7.91. The number of hydrogen-bond donors (Lipinski definition) is 0. The van der Waals surface area contributed by atoms with Gasteiger partial charge in [0.2, 0.25) is 0 Å². The van der Waals surface area contributed by atoms with E-state index in [1.807, 2.05) is 0 Å². The summed E-state index contributed by atoms with van der Waals surface area (Å²) in [6, 6.07) is 0. The lowest BCUT2D eigenvalue weighted by Crippen LogP contribution is -2.19. The maximum Gasteiger partial charge on any atom is 0.264 e. The Kier molecular flexibility index (Phi) is 4.34. The molecule has 0 aliphatic heterocycles. The lowest BCUT2D eigenvalue weighted by molar-refractivity contribution is 0.314. The van der Waals surface area contributed by atoms with Gasteiger partial charge in [-0.25, -0.2) is 8.42 Å². The van der Waals surface area contributed by atoms with E-state index in [1.165, 1.54) is 6.92 Å². The SMILES string of the molecule is C[C@@H](CCOS(C)(=O)=O)S(C)(=O)=O. The molecule has 0 spiro atoms. The molecule has 0 bridgehead atoms. The van der Waals surface area contributed by atoms with E-state index in [0.717, 1.165) is 12.5 Å². The highest BCUT2D eigenvalue weighted by atomic mass is 32.2. The van der Waals surface area contributed by atoms with Gasteiger partial charge < -0.3 is 0 Å². The van der Waals surface area contributed by atoms with Crippen LogP contribution < -0.4 is 0 Å². The maximum atomic E-state index is 10.9. The van der Waals surface area contributed by atoms with Crippen molar-refractivity contribution in [1.29, 1.82) is 0 Å². The molecule has 0 aliphatic rings. The van der Waals surface area contributed by atoms with Crippen molar-refractivity contribution >= 4 is 20.0 Å². The molecule has 0 N–H and O–H groups in total. The molecule has 0 saturated carbocycles. The van der Waals surface area contributed by atoms with Gasteiger partial charge in [0.15, 0.2) is 0 Å². The van der Waals surface area contributed by atoms with E-state index in [2.05, 4.69) is 4.18 Å². The zero-order valence-corrected chi connectivity index (χ0v) is 9.48. The van der Waals surface area contributed by atoms with Gasteiger partial charge in [0, 0.05) is 6.26 Å². The van der Waals surface area contributed by atoms with Crippen LogP contribution in [0.3, 0.4) is 0 Å². The minimum Gasteiger partial charge on any atom is -0.270 e. The van der Waals surface area contributed by atoms with Gasteiger partial charge in [-0.1, -0.05) is 0 Å². The molecular weight excluding hydrogens is 216 g/mol. The summed E-state index contributed by atoms with van der Waals surface area (Å²) in [5, 5.41) is -0.575. The highest BCUT2D eigenvalue weighted by Gasteiger charge is 2.15. The second kappa shape index (κ2) is 4.39. The van der Waals surface area contributed by atoms with Crippen molar-refractivity contribution in [3.8, 4) is 0 Å². The Hall–Kier alpha value is -0.140. The molecule has 0 unspecified atom stereocenters. The van der Waals surface area contributed by atoms with E-state index in [-0.39, 0.29) is 13.0 Å². The van der Waals surface area contributed by atoms with E-state index >= 15 is 0 Å². The van der Waals surface area contributed by atoms with Crippen LogP contribution in [0.25, 0.3) is 0 Å². The highest BCUT2D eigenvalue weighted by Crippen LogP contribution is 2.04. The minimum atomic E-state index is -3.46. The van der Waals surface area contributed by atoms with Crippen LogP contribution in [-0.4, -0.2) is 41.2 Å². The van der Waals surface area contributed by atoms with E-state index in [0.29, 0.717) is 0 Å². The first kappa shape index (κ1) is 12.9. The molecule has 80 valence electrons. The molecule has 7 heteroatoms. The van der Waals surface area contributed by atoms with Crippen molar-refractivity contribution in [3.63, 3.8) is 0 Å². The van der Waals surface area contributed by atoms with Crippen LogP contribution in [-0.2, 0) is 24.1 Å². The standard InChI is InChI=1S/C6H14O5S2/c1-6(12(2,7)8)4-5-11-13(3,9)10/h6H,4-5H2,1-3H3/t6-/m0/s1. The van der Waals surface area contributed by atoms with Gasteiger partial charge >= 0.3 is 0 Å². The third-order valence-electron chi connectivity index (χ3n) is 1.55. The fraction of sp³-hybridized carbons (Fsp3) is 1.00. The summed E-state index contributed by atoms with van der Waals surface area (Å²) in [7, 11) is -6.56. The number of sulfone groups is 1. The van der Waals surface area contributed by atoms with Gasteiger partial charge in [-0.2, -0.15) is 8.42 Å². The largest absolute Gasteiger partial charge is 0.270 e. The smallest absolute Gasteiger partial charge is 0.264 e. The average Bonchev–Trinajstić information content (AvgIpc) is 1.82. The first-order valence-corrected chi connectivity index (χ1v) is 7.43. The fourth-order valence-electron chi connectivity index (χ4n) is 0.580. The van der Waals surface area contributed by atoms with Crippen molar-refractivity contribution in [1.82, 2.24) is 0 Å². The van der Waals surface area contributed by atoms with Gasteiger partial charge in [-0.15, -0.1) is 0 Å². The molecule has 1 atom stereocenters. The van der Waals surface area contributed by atoms with Gasteiger partial charge in [-0.3, -0.25) is 4.18 Å². The second-order valence-corrected chi connectivity index (χ2v) is 7.06. The lowest BCUT2D eigenvalue weighted by Gasteiger charge is -2.07. The molecule has 0 radical (unpaired) electrons. The van der Waals surface area contributed by atoms with Crippen LogP contribution >= 0.6 is 0 Å². The van der Waals surface area contributed by atoms with E-state index in [1.54, 1.807) is 0 Å². The van der Waals surface area contributed by atoms with Gasteiger partial charge in [0.25, 0.3) is 10.1 Å². The average molecular weight is 230 g/mol. The molecule has 0 amide bonds. The Labute approximate surface area is 79.1 Å². The molecule has 13 heavy (non-hydrogen) atoms. The quantitative estimate of drug-likeness (QED) is 0.610. The molecule has 0 aromatic rings. The minimum absolute atomic E-state index is 0.0902. The van der Waals surface area contributed by atoms with Crippen molar-refractivity contribution < 1.29 is 21.0 Å². The van der Waals surface area contributed by atoms with Gasteiger partial charge in [0.1, 0.15) is 9.84 Å². The normalized spacial score (nSPS) is 15.6. The zero-order chi connectivity index (χ0) is 10.7. The monoisotopic (exact) mass is 230 g/mol. The Morgan fingerprint density at radius 2 is 1.62 bits per heavy atom. The van der Waals surface area contributed by atoms with Crippen LogP contribution in [0.2, 0.25) is 0 Å². The Morgan fingerprint density at radius 3 is 1.92 bits per heavy atom. The van der Waals surface area contributed by atoms with Crippen LogP contribution in [0, 0.1) is 0 Å². The second-order valence-electron chi connectivity index (χ2n) is 2.95. The molecule has 0 heterocycles. The molecular formula is C6H14O5S2. The maximum absolute atomic E-state index is 10.9. The van der Waals surface area contributed by atoms with Crippen LogP contribution in [0.1, 0.15) is 13.3 Å². The molecule has 5 nitrogen and oxygen atoms in total. The van der Waals surface area contributed by atoms with E-state index in [4.69, 9.17) is 0 Å². The third-order valence-corrected chi connectivity index (χ3v) is 3.85. The fourth-order valence-corrected chi connectivity index (χ4v) is 1.50. The molecule has 0 fully saturated rings.